The van der Waals surface area contributed by atoms with Crippen LogP contribution in [0.1, 0.15) is 31.4 Å². The van der Waals surface area contributed by atoms with Crippen LogP contribution >= 0.6 is 0 Å². The summed E-state index contributed by atoms with van der Waals surface area (Å²) >= 11 is 0. The third-order valence-corrected chi connectivity index (χ3v) is 4.95. The van der Waals surface area contributed by atoms with Crippen LogP contribution in [0.3, 0.4) is 0 Å². The van der Waals surface area contributed by atoms with Crippen LogP contribution < -0.4 is 4.90 Å². The number of hydrogen-bond donors (Lipinski definition) is 0. The molecule has 2 fully saturated rings. The minimum atomic E-state index is -4.19. The zero-order chi connectivity index (χ0) is 17.4. The van der Waals surface area contributed by atoms with Crippen LogP contribution in [-0.4, -0.2) is 53.6 Å². The molecule has 3 rings (SSSR count). The van der Waals surface area contributed by atoms with Gasteiger partial charge in [-0.05, 0) is 31.7 Å². The summed E-state index contributed by atoms with van der Waals surface area (Å²) in [5.74, 6) is 0.581. The van der Waals surface area contributed by atoms with E-state index in [-0.39, 0.29) is 12.3 Å². The maximum atomic E-state index is 12.5. The highest BCUT2D eigenvalue weighted by Gasteiger charge is 2.48. The molecule has 0 bridgehead atoms. The van der Waals surface area contributed by atoms with Gasteiger partial charge in [-0.2, -0.15) is 13.2 Å². The molecule has 0 saturated carbocycles. The first-order chi connectivity index (χ1) is 11.3. The van der Waals surface area contributed by atoms with Crippen molar-refractivity contribution in [2.24, 2.45) is 5.41 Å². The van der Waals surface area contributed by atoms with Crippen molar-refractivity contribution >= 4 is 11.9 Å². The molecule has 0 aliphatic carbocycles. The molecular weight excluding hydrogens is 321 g/mol. The number of anilines is 1. The highest BCUT2D eigenvalue weighted by atomic mass is 19.4. The average Bonchev–Trinajstić information content (AvgIpc) is 2.96. The van der Waals surface area contributed by atoms with Crippen molar-refractivity contribution in [3.05, 3.63) is 18.0 Å². The Morgan fingerprint density at radius 1 is 1.29 bits per heavy atom. The molecule has 0 radical (unpaired) electrons. The minimum absolute atomic E-state index is 0.153. The number of amides is 1. The van der Waals surface area contributed by atoms with Crippen molar-refractivity contribution in [3.63, 3.8) is 0 Å². The van der Waals surface area contributed by atoms with Gasteiger partial charge in [-0.3, -0.25) is 4.79 Å². The van der Waals surface area contributed by atoms with Gasteiger partial charge in [-0.1, -0.05) is 0 Å². The van der Waals surface area contributed by atoms with E-state index in [4.69, 9.17) is 0 Å². The van der Waals surface area contributed by atoms with Gasteiger partial charge in [0, 0.05) is 45.0 Å². The predicted octanol–water partition coefficient (Wildman–Crippen LogP) is 2.42. The summed E-state index contributed by atoms with van der Waals surface area (Å²) in [5, 5.41) is 0. The van der Waals surface area contributed by atoms with Crippen LogP contribution in [0.25, 0.3) is 0 Å². The zero-order valence-corrected chi connectivity index (χ0v) is 13.6. The van der Waals surface area contributed by atoms with Crippen LogP contribution in [0.5, 0.6) is 0 Å². The van der Waals surface area contributed by atoms with Crippen molar-refractivity contribution < 1.29 is 18.0 Å². The fourth-order valence-electron chi connectivity index (χ4n) is 3.64. The third kappa shape index (κ3) is 3.47. The lowest BCUT2D eigenvalue weighted by atomic mass is 9.78. The quantitative estimate of drug-likeness (QED) is 0.846. The smallest absolute Gasteiger partial charge is 0.345 e. The monoisotopic (exact) mass is 342 g/mol. The van der Waals surface area contributed by atoms with E-state index < -0.39 is 18.0 Å². The van der Waals surface area contributed by atoms with Gasteiger partial charge in [0.2, 0.25) is 11.9 Å². The van der Waals surface area contributed by atoms with Crippen molar-refractivity contribution in [3.8, 4) is 0 Å². The second kappa shape index (κ2) is 6.22. The molecule has 2 saturated heterocycles. The minimum Gasteiger partial charge on any atom is -0.345 e. The summed E-state index contributed by atoms with van der Waals surface area (Å²) in [6, 6.07) is 1.51. The fourth-order valence-corrected chi connectivity index (χ4v) is 3.64. The molecular formula is C16H21F3N4O. The van der Waals surface area contributed by atoms with Gasteiger partial charge >= 0.3 is 6.18 Å². The Bertz CT molecular complexity index is 622. The number of nitrogens with zero attached hydrogens (tertiary/aromatic N) is 4. The topological polar surface area (TPSA) is 49.3 Å². The van der Waals surface area contributed by atoms with Gasteiger partial charge in [-0.15, -0.1) is 0 Å². The first kappa shape index (κ1) is 17.0. The van der Waals surface area contributed by atoms with Crippen LogP contribution in [0.4, 0.5) is 19.1 Å². The summed E-state index contributed by atoms with van der Waals surface area (Å²) in [5.41, 5.74) is -0.0106. The normalized spacial score (nSPS) is 24.9. The van der Waals surface area contributed by atoms with Gasteiger partial charge in [0.15, 0.2) is 0 Å². The molecule has 24 heavy (non-hydrogen) atoms. The molecule has 132 valence electrons. The maximum absolute atomic E-state index is 12.5. The lowest BCUT2D eigenvalue weighted by Gasteiger charge is -2.37. The van der Waals surface area contributed by atoms with E-state index in [2.05, 4.69) is 9.97 Å². The standard InChI is InChI=1S/C16H21F3N4O/c1-22-9-2-5-15(13(22)24)7-10-23(11-15)14-20-8-4-12(21-14)3-6-16(17,18)19/h4,8H,2-3,5-7,9-11H2,1H3. The van der Waals surface area contributed by atoms with Gasteiger partial charge in [0.1, 0.15) is 0 Å². The lowest BCUT2D eigenvalue weighted by Crippen LogP contribution is -2.48. The molecule has 1 atom stereocenters. The first-order valence-corrected chi connectivity index (χ1v) is 8.18. The maximum Gasteiger partial charge on any atom is 0.389 e. The van der Waals surface area contributed by atoms with Gasteiger partial charge in [0.25, 0.3) is 0 Å². The number of piperidine rings is 1. The van der Waals surface area contributed by atoms with Gasteiger partial charge in [-0.25, -0.2) is 9.97 Å². The Hall–Kier alpha value is -1.86. The number of aryl methyl sites for hydroxylation is 1. The molecule has 5 nitrogen and oxygen atoms in total. The molecule has 0 aromatic carbocycles. The lowest BCUT2D eigenvalue weighted by molar-refractivity contribution is -0.143. The molecule has 2 aliphatic rings. The molecule has 2 aliphatic heterocycles. The summed E-state index contributed by atoms with van der Waals surface area (Å²) < 4.78 is 37.1. The average molecular weight is 342 g/mol. The van der Waals surface area contributed by atoms with E-state index in [0.717, 1.165) is 25.8 Å². The number of carbonyl (C=O) groups is 1. The highest BCUT2D eigenvalue weighted by molar-refractivity contribution is 5.84. The van der Waals surface area contributed by atoms with Crippen molar-refractivity contribution in [2.45, 2.75) is 38.3 Å². The molecule has 1 unspecified atom stereocenters. The molecule has 1 aromatic rings. The van der Waals surface area contributed by atoms with Crippen molar-refractivity contribution in [1.29, 1.82) is 0 Å². The Morgan fingerprint density at radius 3 is 2.83 bits per heavy atom. The number of hydrogen-bond acceptors (Lipinski definition) is 4. The zero-order valence-electron chi connectivity index (χ0n) is 13.6. The molecule has 1 aromatic heterocycles. The number of likely N-dealkylation sites (tertiary alicyclic amines) is 1. The summed E-state index contributed by atoms with van der Waals surface area (Å²) in [6.07, 6.45) is -1.18. The third-order valence-electron chi connectivity index (χ3n) is 4.95. The van der Waals surface area contributed by atoms with E-state index in [1.165, 1.54) is 12.3 Å². The largest absolute Gasteiger partial charge is 0.389 e. The number of halogens is 3. The van der Waals surface area contributed by atoms with Gasteiger partial charge < -0.3 is 9.80 Å². The van der Waals surface area contributed by atoms with E-state index in [9.17, 15) is 18.0 Å². The van der Waals surface area contributed by atoms with Crippen molar-refractivity contribution in [1.82, 2.24) is 14.9 Å². The molecule has 8 heteroatoms. The summed E-state index contributed by atoms with van der Waals surface area (Å²) in [6.45, 7) is 1.98. The second-order valence-corrected chi connectivity index (χ2v) is 6.75. The fraction of sp³-hybridized carbons (Fsp3) is 0.688. The van der Waals surface area contributed by atoms with Crippen LogP contribution in [0, 0.1) is 5.41 Å². The van der Waals surface area contributed by atoms with E-state index in [1.807, 2.05) is 11.9 Å². The van der Waals surface area contributed by atoms with Crippen LogP contribution in [-0.2, 0) is 11.2 Å². The molecule has 3 heterocycles. The second-order valence-electron chi connectivity index (χ2n) is 6.75. The van der Waals surface area contributed by atoms with Crippen LogP contribution in [0.2, 0.25) is 0 Å². The number of carbonyl (C=O) groups excluding carboxylic acids is 1. The van der Waals surface area contributed by atoms with Crippen molar-refractivity contribution in [2.75, 3.05) is 31.6 Å². The molecule has 1 spiro atoms. The summed E-state index contributed by atoms with van der Waals surface area (Å²) in [4.78, 5) is 24.7. The SMILES string of the molecule is CN1CCCC2(CCN(c3nccc(CCC(F)(F)F)n3)C2)C1=O. The number of aromatic nitrogens is 2. The highest BCUT2D eigenvalue weighted by Crippen LogP contribution is 2.40. The first-order valence-electron chi connectivity index (χ1n) is 8.18. The molecule has 1 amide bonds. The number of alkyl halides is 3. The predicted molar refractivity (Wildman–Crippen MR) is 82.5 cm³/mol. The van der Waals surface area contributed by atoms with E-state index in [0.29, 0.717) is 24.7 Å². The van der Waals surface area contributed by atoms with Gasteiger partial charge in [0.05, 0.1) is 5.41 Å². The number of rotatable bonds is 3. The Kier molecular flexibility index (Phi) is 4.40. The molecule has 0 N–H and O–H groups in total. The van der Waals surface area contributed by atoms with Crippen LogP contribution in [0.15, 0.2) is 12.3 Å². The summed E-state index contributed by atoms with van der Waals surface area (Å²) in [7, 11) is 1.82. The Balaban J connectivity index is 1.71. The Labute approximate surface area is 138 Å². The Morgan fingerprint density at radius 2 is 2.08 bits per heavy atom. The van der Waals surface area contributed by atoms with E-state index >= 15 is 0 Å². The van der Waals surface area contributed by atoms with E-state index in [1.54, 1.807) is 4.90 Å².